The van der Waals surface area contributed by atoms with Gasteiger partial charge in [0.1, 0.15) is 11.1 Å². The molecule has 6 saturated carbocycles. The number of anilines is 5. The second kappa shape index (κ2) is 42.0. The van der Waals surface area contributed by atoms with Gasteiger partial charge in [0.05, 0.1) is 74.7 Å². The molecule has 9 aliphatic rings. The average molecular weight is 2380 g/mol. The van der Waals surface area contributed by atoms with Gasteiger partial charge in [0.2, 0.25) is 78.7 Å². The molecular formula is C85H96BBr2ClN32O11S2W2-2. The largest absolute Gasteiger partial charge is 0.498 e. The monoisotopic (exact) mass is 2380 g/mol. The van der Waals surface area contributed by atoms with Crippen molar-refractivity contribution in [1.29, 1.82) is 10.5 Å². The van der Waals surface area contributed by atoms with E-state index in [2.05, 4.69) is 146 Å². The molecule has 0 spiro atoms. The molecule has 23 rings (SSSR count). The van der Waals surface area contributed by atoms with E-state index in [0.717, 1.165) is 118 Å². The van der Waals surface area contributed by atoms with Gasteiger partial charge in [-0.3, -0.25) is 64.8 Å². The number of nitrogens with zero attached hydrogens (tertiary/aromatic N) is 25. The first-order valence-electron chi connectivity index (χ1n) is 42.7. The Balaban J connectivity index is 0.000000140. The molecule has 712 valence electrons. The van der Waals surface area contributed by atoms with Crippen LogP contribution in [0.5, 0.6) is 0 Å². The maximum atomic E-state index is 12.6. The molecule has 0 aromatic carbocycles. The maximum Gasteiger partial charge on any atom is 0.498 e. The van der Waals surface area contributed by atoms with E-state index in [-0.39, 0.29) is 202 Å². The molecule has 3 saturated heterocycles. The minimum atomic E-state index is -3.32. The second-order valence-electron chi connectivity index (χ2n) is 34.4. The molecule has 0 atom stereocenters. The zero-order valence-corrected chi connectivity index (χ0v) is 86.2. The third-order valence-corrected chi connectivity index (χ3v) is 29.4. The number of H-pyrrole nitrogens is 2. The number of aromatic amines is 2. The van der Waals surface area contributed by atoms with Crippen molar-refractivity contribution in [2.24, 2.45) is 29.6 Å². The number of nitrogen functional groups attached to an aromatic ring is 1. The minimum Gasteiger partial charge on any atom is -0.399 e. The van der Waals surface area contributed by atoms with Crippen molar-refractivity contribution in [2.45, 2.75) is 152 Å². The zero-order chi connectivity index (χ0) is 92.8. The van der Waals surface area contributed by atoms with Crippen LogP contribution in [0.15, 0.2) is 150 Å². The van der Waals surface area contributed by atoms with Crippen molar-refractivity contribution < 1.29 is 92.2 Å². The van der Waals surface area contributed by atoms with E-state index in [9.17, 15) is 51.3 Å². The Kier molecular flexibility index (Phi) is 31.5. The van der Waals surface area contributed by atoms with E-state index in [1.165, 1.54) is 8.61 Å². The number of halogens is 3. The summed E-state index contributed by atoms with van der Waals surface area (Å²) in [6, 6.07) is 23.1. The molecule has 43 nitrogen and oxygen atoms in total. The Morgan fingerprint density at radius 2 is 0.853 bits per heavy atom. The van der Waals surface area contributed by atoms with Crippen LogP contribution in [0.3, 0.4) is 0 Å². The van der Waals surface area contributed by atoms with Gasteiger partial charge in [0.15, 0.2) is 28.2 Å². The van der Waals surface area contributed by atoms with Crippen molar-refractivity contribution in [2.75, 3.05) is 58.9 Å². The van der Waals surface area contributed by atoms with Crippen LogP contribution in [-0.2, 0) is 107 Å². The summed E-state index contributed by atoms with van der Waals surface area (Å²) in [5.74, 6) is 2.06. The second-order valence-corrected chi connectivity index (χ2v) is 41.0. The number of amides is 4. The van der Waals surface area contributed by atoms with Crippen molar-refractivity contribution in [1.82, 2.24) is 122 Å². The molecule has 0 unspecified atom stereocenters. The third-order valence-electron chi connectivity index (χ3n) is 23.7. The molecule has 14 aromatic heterocycles. The van der Waals surface area contributed by atoms with Crippen LogP contribution in [0.4, 0.5) is 29.7 Å². The fourth-order valence-electron chi connectivity index (χ4n) is 14.4. The van der Waals surface area contributed by atoms with Crippen molar-refractivity contribution >= 4 is 163 Å². The maximum absolute atomic E-state index is 12.6. The molecule has 0 radical (unpaired) electrons. The number of nitriles is 2. The van der Waals surface area contributed by atoms with E-state index in [4.69, 9.17) is 26.6 Å². The molecule has 4 amide bonds. The number of hydrogen-bond donors (Lipinski definition) is 7. The van der Waals surface area contributed by atoms with E-state index in [1.54, 1.807) is 113 Å². The molecule has 17 heterocycles. The van der Waals surface area contributed by atoms with E-state index in [0.29, 0.717) is 47.3 Å². The Labute approximate surface area is 831 Å². The summed E-state index contributed by atoms with van der Waals surface area (Å²) in [7, 11) is -6.90. The first-order chi connectivity index (χ1) is 63.3. The smallest absolute Gasteiger partial charge is 0.399 e. The molecule has 14 aromatic rings. The SMILES string of the molecule is CC1(C)OB(c2cn[nH]c2)OC1(C)C.CCS(=O)(=O)N1CC(CC#N)(n2cc(-c3cccn4nc(NC(=O)C5CC5)nc34)cn2)C1.N#CCC1(n2cc(-c3cccn4nc(NC(=O)C5CC5)nc34)cn2)CN(S(=O)(=O)C2CC2)C1.Nc1nc2c(Br)cccn2n1.O=C(Cl)C1CC1.O=C(Nc1nc2c(-c3cn[nH]c3)cccn2n1)C1CC1.O=C(Nc1nc2c(Br)cccn2n1)C1CC1.[CH3-].[CH3-].[W].[W]. The van der Waals surface area contributed by atoms with E-state index in [1.807, 2.05) is 94.6 Å². The van der Waals surface area contributed by atoms with Crippen LogP contribution < -0.4 is 32.5 Å². The Morgan fingerprint density at radius 3 is 1.18 bits per heavy atom. The summed E-state index contributed by atoms with van der Waals surface area (Å²) in [5.41, 5.74) is 12.6. The predicted octanol–water partition coefficient (Wildman–Crippen LogP) is 9.72. The fraction of sp³-hybridized carbons (Fsp3) is 0.400. The number of carbonyl (C=O) groups excluding carboxylic acids is 5. The van der Waals surface area contributed by atoms with Gasteiger partial charge in [-0.05, 0) is 216 Å². The van der Waals surface area contributed by atoms with Crippen LogP contribution in [0.1, 0.15) is 125 Å². The molecular weight excluding hydrogens is 2280 g/mol. The van der Waals surface area contributed by atoms with Crippen LogP contribution in [-0.4, -0.2) is 223 Å². The van der Waals surface area contributed by atoms with Crippen LogP contribution in [0, 0.1) is 67.1 Å². The number of nitrogens with two attached hydrogens (primary N) is 1. The first kappa shape index (κ1) is 102. The summed E-state index contributed by atoms with van der Waals surface area (Å²) in [6.45, 7) is 10.7. The topological polar surface area (TPSA) is 544 Å². The third kappa shape index (κ3) is 23.1. The number of rotatable bonds is 21. The molecule has 8 N–H and O–H groups in total. The van der Waals surface area contributed by atoms with Gasteiger partial charge in [-0.2, -0.15) is 64.4 Å². The number of carbonyl (C=O) groups is 5. The summed E-state index contributed by atoms with van der Waals surface area (Å²) < 4.78 is 77.2. The van der Waals surface area contributed by atoms with Crippen molar-refractivity contribution in [3.8, 4) is 45.5 Å². The van der Waals surface area contributed by atoms with Crippen LogP contribution in [0.2, 0.25) is 0 Å². The van der Waals surface area contributed by atoms with E-state index >= 15 is 0 Å². The normalized spacial score (nSPS) is 17.4. The Hall–Kier alpha value is -11.3. The van der Waals surface area contributed by atoms with Gasteiger partial charge in [0.25, 0.3) is 0 Å². The van der Waals surface area contributed by atoms with Gasteiger partial charge >= 0.3 is 7.12 Å². The zero-order valence-electron chi connectivity index (χ0n) is 74.8. The summed E-state index contributed by atoms with van der Waals surface area (Å²) in [4.78, 5) is 79.0. The van der Waals surface area contributed by atoms with Gasteiger partial charge < -0.3 is 29.9 Å². The number of fused-ring (bicyclic) bond motifs is 5. The molecule has 6 aliphatic carbocycles. The van der Waals surface area contributed by atoms with E-state index < -0.39 is 31.1 Å². The van der Waals surface area contributed by atoms with Gasteiger partial charge in [-0.15, -0.1) is 25.5 Å². The quantitative estimate of drug-likeness (QED) is 0.0200. The Morgan fingerprint density at radius 1 is 0.500 bits per heavy atom. The van der Waals surface area contributed by atoms with Crippen molar-refractivity contribution in [3.05, 3.63) is 165 Å². The summed E-state index contributed by atoms with van der Waals surface area (Å²) >= 11 is 11.7. The van der Waals surface area contributed by atoms with Crippen LogP contribution >= 0.6 is 43.5 Å². The minimum absolute atomic E-state index is 0. The Bertz CT molecular complexity index is 7010. The number of hydrogen-bond acceptors (Lipinski definition) is 28. The molecule has 9 fully saturated rings. The van der Waals surface area contributed by atoms with Gasteiger partial charge in [-0.1, -0.05) is 0 Å². The molecule has 3 aliphatic heterocycles. The fourth-order valence-corrected chi connectivity index (χ4v) is 18.7. The molecule has 51 heteroatoms. The number of nitrogens with one attached hydrogen (secondary N) is 6. The summed E-state index contributed by atoms with van der Waals surface area (Å²) in [6.07, 6.45) is 34.1. The van der Waals surface area contributed by atoms with Gasteiger partial charge in [-0.25, -0.2) is 39.4 Å². The number of pyridine rings is 5. The van der Waals surface area contributed by atoms with Gasteiger partial charge in [0, 0.05) is 199 Å². The standard InChI is InChI=1S/C21H22N8O3S.C20H22N8O3S.C13H12N6O.C10H9BrN4O.C9H15BN2O2.C6H5BrN4.C4H5ClO.2CH3.2W/c22-8-7-21(12-27(13-21)33(31,32)16-5-6-16)29-11-15(10-23-29)17-2-1-9-28-18(17)24-20(26-28)25-19(30)14-3-4-14;1-2-32(30,31)26-12-20(13-26,7-8-21)28-11-15(10-22-28)16-4-3-9-27-17(16)23-19(25-27)24-18(29)14-5-6-14;20-12(8-3-4-8)17-13-16-11-10(9-6-14-15-7-9)2-1-5-19(11)18-13;11-7-2-1-5-15-8(7)12-10(14-15)13-9(16)6-3-4-6;1-8(2)9(3,4)14-10(13-8)7-5-11-12-6-7;7-4-2-1-3-11-5(4)9-6(8)10-11;5-4(6)3-1-2-3;;;;/h1-2,9-11,14,16H,3-7,12-13H2,(H,25,26,30);3-4,9-11,14H,2,5-7,12-13H2,1H3,(H,24,25,29);1-2,5-8H,3-4H2,(H,14,15)(H,17,18,20);1-2,5-6H,3-4H2,(H,13,14,16);5-6H,1-4H3,(H,11,12);1-3H,(H2,8,10);3H,1-2H2;2*1H3;;/q;;;;;;;2*-1;;. The molecule has 136 heavy (non-hydrogen) atoms. The predicted molar refractivity (Wildman–Crippen MR) is 502 cm³/mol. The van der Waals surface area contributed by atoms with Crippen LogP contribution in [0.25, 0.3) is 61.6 Å². The first-order valence-corrected chi connectivity index (χ1v) is 47.8. The van der Waals surface area contributed by atoms with Crippen molar-refractivity contribution in [3.63, 3.8) is 0 Å². The molecule has 0 bridgehead atoms. The number of aromatic nitrogens is 23. The summed E-state index contributed by atoms with van der Waals surface area (Å²) in [5, 5.41) is 72.7. The number of sulfonamides is 2. The average Bonchev–Trinajstić information content (AvgIpc) is 1.41.